The Morgan fingerprint density at radius 2 is 2.20 bits per heavy atom. The summed E-state index contributed by atoms with van der Waals surface area (Å²) < 4.78 is 6.67. The van der Waals surface area contributed by atoms with Crippen molar-refractivity contribution < 1.29 is 9.84 Å². The van der Waals surface area contributed by atoms with Crippen LogP contribution in [0.2, 0.25) is 0 Å². The van der Waals surface area contributed by atoms with E-state index in [4.69, 9.17) is 9.73 Å². The summed E-state index contributed by atoms with van der Waals surface area (Å²) >= 11 is 3.49. The van der Waals surface area contributed by atoms with Gasteiger partial charge in [-0.15, -0.1) is 0 Å². The van der Waals surface area contributed by atoms with Crippen LogP contribution in [0.15, 0.2) is 33.7 Å². The number of benzene rings is 1. The van der Waals surface area contributed by atoms with Gasteiger partial charge in [-0.1, -0.05) is 28.1 Å². The maximum Gasteiger partial charge on any atom is 0.191 e. The molecule has 0 bridgehead atoms. The van der Waals surface area contributed by atoms with E-state index in [1.807, 2.05) is 0 Å². The maximum atomic E-state index is 9.36. The second kappa shape index (κ2) is 8.52. The minimum Gasteiger partial charge on any atom is -0.396 e. The monoisotopic (exact) mass is 409 g/mol. The van der Waals surface area contributed by atoms with Crippen molar-refractivity contribution in [3.63, 3.8) is 0 Å². The number of aliphatic hydroxyl groups is 1. The van der Waals surface area contributed by atoms with Gasteiger partial charge >= 0.3 is 0 Å². The van der Waals surface area contributed by atoms with E-state index in [1.54, 1.807) is 0 Å². The smallest absolute Gasteiger partial charge is 0.191 e. The highest BCUT2D eigenvalue weighted by Crippen LogP contribution is 2.41. The summed E-state index contributed by atoms with van der Waals surface area (Å²) in [4.78, 5) is 4.80. The van der Waals surface area contributed by atoms with Crippen molar-refractivity contribution in [1.82, 2.24) is 10.6 Å². The van der Waals surface area contributed by atoms with Gasteiger partial charge in [0.15, 0.2) is 5.96 Å². The number of halogens is 1. The first-order valence-corrected chi connectivity index (χ1v) is 9.94. The van der Waals surface area contributed by atoms with E-state index in [-0.39, 0.29) is 12.0 Å². The molecule has 0 spiro atoms. The van der Waals surface area contributed by atoms with Crippen LogP contribution in [0.3, 0.4) is 0 Å². The second-order valence-corrected chi connectivity index (χ2v) is 8.03. The third-order valence-corrected chi connectivity index (χ3v) is 5.68. The number of hydrogen-bond acceptors (Lipinski definition) is 3. The van der Waals surface area contributed by atoms with Crippen LogP contribution in [0.25, 0.3) is 0 Å². The first kappa shape index (κ1) is 18.7. The maximum absolute atomic E-state index is 9.36. The van der Waals surface area contributed by atoms with Gasteiger partial charge in [0.05, 0.1) is 13.2 Å². The predicted octanol–water partition coefficient (Wildman–Crippen LogP) is 2.65. The van der Waals surface area contributed by atoms with Crippen molar-refractivity contribution in [2.24, 2.45) is 10.4 Å². The van der Waals surface area contributed by atoms with Crippen molar-refractivity contribution in [2.75, 3.05) is 32.9 Å². The molecule has 3 rings (SSSR count). The summed E-state index contributed by atoms with van der Waals surface area (Å²) in [5, 5.41) is 16.3. The molecule has 1 saturated carbocycles. The lowest BCUT2D eigenvalue weighted by Gasteiger charge is -2.25. The van der Waals surface area contributed by atoms with Gasteiger partial charge in [-0.05, 0) is 43.9 Å². The molecule has 1 heterocycles. The first-order valence-electron chi connectivity index (χ1n) is 9.15. The number of nitrogens with one attached hydrogen (secondary N) is 2. The minimum atomic E-state index is -0.00817. The minimum absolute atomic E-state index is 0.00817. The molecule has 5 nitrogen and oxygen atoms in total. The zero-order chi connectivity index (χ0) is 17.7. The fourth-order valence-electron chi connectivity index (χ4n) is 3.46. The number of guanidine groups is 1. The van der Waals surface area contributed by atoms with E-state index in [2.05, 4.69) is 57.8 Å². The Labute approximate surface area is 158 Å². The molecule has 2 fully saturated rings. The molecule has 0 radical (unpaired) electrons. The van der Waals surface area contributed by atoms with E-state index >= 15 is 0 Å². The average molecular weight is 410 g/mol. The van der Waals surface area contributed by atoms with Crippen LogP contribution in [-0.4, -0.2) is 50.0 Å². The lowest BCUT2D eigenvalue weighted by Crippen LogP contribution is -2.40. The Bertz CT molecular complexity index is 585. The molecule has 6 heteroatoms. The van der Waals surface area contributed by atoms with Gasteiger partial charge in [0.1, 0.15) is 0 Å². The normalized spacial score (nSPS) is 28.8. The summed E-state index contributed by atoms with van der Waals surface area (Å²) in [6.45, 7) is 5.27. The summed E-state index contributed by atoms with van der Waals surface area (Å²) in [7, 11) is 0. The van der Waals surface area contributed by atoms with E-state index in [0.717, 1.165) is 42.8 Å². The summed E-state index contributed by atoms with van der Waals surface area (Å²) in [5.41, 5.74) is 1.36. The number of nitrogens with zero attached hydrogens (tertiary/aromatic N) is 1. The van der Waals surface area contributed by atoms with Crippen LogP contribution < -0.4 is 10.6 Å². The Balaban J connectivity index is 1.59. The van der Waals surface area contributed by atoms with Crippen LogP contribution >= 0.6 is 15.9 Å². The number of rotatable bonds is 7. The molecule has 3 N–H and O–H groups in total. The van der Waals surface area contributed by atoms with Crippen molar-refractivity contribution >= 4 is 21.9 Å². The van der Waals surface area contributed by atoms with Gasteiger partial charge in [0.25, 0.3) is 0 Å². The SMILES string of the molecule is CCNC(=NCC1(CCO)CCOC1)NC1CC1c1ccc(Br)cc1. The topological polar surface area (TPSA) is 65.9 Å². The molecular weight excluding hydrogens is 382 g/mol. The quantitative estimate of drug-likeness (QED) is 0.478. The molecule has 25 heavy (non-hydrogen) atoms. The zero-order valence-corrected chi connectivity index (χ0v) is 16.4. The second-order valence-electron chi connectivity index (χ2n) is 7.12. The van der Waals surface area contributed by atoms with Crippen molar-refractivity contribution in [3.05, 3.63) is 34.3 Å². The Morgan fingerprint density at radius 1 is 1.40 bits per heavy atom. The first-order chi connectivity index (χ1) is 12.2. The molecular formula is C19H28BrN3O2. The van der Waals surface area contributed by atoms with E-state index in [0.29, 0.717) is 25.1 Å². The van der Waals surface area contributed by atoms with E-state index in [9.17, 15) is 5.11 Å². The van der Waals surface area contributed by atoms with Crippen LogP contribution in [0.4, 0.5) is 0 Å². The Morgan fingerprint density at radius 3 is 2.84 bits per heavy atom. The van der Waals surface area contributed by atoms with Gasteiger partial charge in [0, 0.05) is 41.6 Å². The molecule has 2 aliphatic rings. The number of aliphatic imine (C=N–C) groups is 1. The van der Waals surface area contributed by atoms with Gasteiger partial charge in [-0.3, -0.25) is 4.99 Å². The third kappa shape index (κ3) is 4.96. The third-order valence-electron chi connectivity index (χ3n) is 5.15. The summed E-state index contributed by atoms with van der Waals surface area (Å²) in [6.07, 6.45) is 2.86. The van der Waals surface area contributed by atoms with Crippen molar-refractivity contribution in [1.29, 1.82) is 0 Å². The molecule has 0 aromatic heterocycles. The molecule has 1 aliphatic heterocycles. The molecule has 3 atom stereocenters. The highest BCUT2D eigenvalue weighted by molar-refractivity contribution is 9.10. The fraction of sp³-hybridized carbons (Fsp3) is 0.632. The summed E-state index contributed by atoms with van der Waals surface area (Å²) in [6, 6.07) is 9.01. The molecule has 1 aromatic carbocycles. The van der Waals surface area contributed by atoms with Gasteiger partial charge in [-0.2, -0.15) is 0 Å². The predicted molar refractivity (Wildman–Crippen MR) is 104 cm³/mol. The number of aliphatic hydroxyl groups excluding tert-OH is 1. The lowest BCUT2D eigenvalue weighted by atomic mass is 9.84. The molecule has 1 aliphatic carbocycles. The fourth-order valence-corrected chi connectivity index (χ4v) is 3.73. The van der Waals surface area contributed by atoms with Gasteiger partial charge in [-0.25, -0.2) is 0 Å². The van der Waals surface area contributed by atoms with E-state index < -0.39 is 0 Å². The standard InChI is InChI=1S/C19H28BrN3O2/c1-2-21-18(22-12-19(7-9-24)8-10-25-13-19)23-17-11-16(17)14-3-5-15(20)6-4-14/h3-6,16-17,24H,2,7-13H2,1H3,(H2,21,22,23). The molecule has 3 unspecified atom stereocenters. The number of hydrogen-bond donors (Lipinski definition) is 3. The largest absolute Gasteiger partial charge is 0.396 e. The van der Waals surface area contributed by atoms with Gasteiger partial charge in [0.2, 0.25) is 0 Å². The van der Waals surface area contributed by atoms with Crippen molar-refractivity contribution in [3.8, 4) is 0 Å². The molecule has 0 amide bonds. The van der Waals surface area contributed by atoms with Crippen LogP contribution in [-0.2, 0) is 4.74 Å². The lowest BCUT2D eigenvalue weighted by molar-refractivity contribution is 0.131. The van der Waals surface area contributed by atoms with Crippen LogP contribution in [0.1, 0.15) is 37.7 Å². The van der Waals surface area contributed by atoms with Gasteiger partial charge < -0.3 is 20.5 Å². The average Bonchev–Trinajstić information content (AvgIpc) is 3.21. The number of ether oxygens (including phenoxy) is 1. The molecule has 1 aromatic rings. The summed E-state index contributed by atoms with van der Waals surface area (Å²) in [5.74, 6) is 1.43. The van der Waals surface area contributed by atoms with Crippen molar-refractivity contribution in [2.45, 2.75) is 38.1 Å². The molecule has 1 saturated heterocycles. The zero-order valence-electron chi connectivity index (χ0n) is 14.8. The van der Waals surface area contributed by atoms with Crippen LogP contribution in [0, 0.1) is 5.41 Å². The highest BCUT2D eigenvalue weighted by atomic mass is 79.9. The Hall–Kier alpha value is -1.11. The molecule has 138 valence electrons. The highest BCUT2D eigenvalue weighted by Gasteiger charge is 2.39. The van der Waals surface area contributed by atoms with E-state index in [1.165, 1.54) is 5.56 Å². The Kier molecular flexibility index (Phi) is 6.36. The van der Waals surface area contributed by atoms with Crippen LogP contribution in [0.5, 0.6) is 0 Å².